The Kier molecular flexibility index (Phi) is 27.6. The molecule has 9 heteroatoms. The molecule has 0 amide bonds. The van der Waals surface area contributed by atoms with Crippen molar-refractivity contribution in [1.29, 1.82) is 0 Å². The largest absolute Gasteiger partial charge is 0.462 e. The van der Waals surface area contributed by atoms with E-state index in [-0.39, 0.29) is 31.3 Å². The lowest BCUT2D eigenvalue weighted by Gasteiger charge is -2.36. The van der Waals surface area contributed by atoms with Crippen molar-refractivity contribution in [3.05, 3.63) is 24.3 Å². The van der Waals surface area contributed by atoms with Crippen LogP contribution >= 0.6 is 0 Å². The highest BCUT2D eigenvalue weighted by atomic mass is 16.6. The van der Waals surface area contributed by atoms with Gasteiger partial charge in [-0.1, -0.05) is 135 Å². The number of carbonyl (C=O) groups excluding carboxylic acids is 2. The van der Waals surface area contributed by atoms with Gasteiger partial charge in [0.05, 0.1) is 24.9 Å². The molecule has 0 saturated carbocycles. The van der Waals surface area contributed by atoms with E-state index in [4.69, 9.17) is 14.2 Å². The molecule has 0 spiro atoms. The molecule has 0 aromatic carbocycles. The molecule has 0 bridgehead atoms. The number of allylic oxidation sites excluding steroid dienone is 2. The highest BCUT2D eigenvalue weighted by Gasteiger charge is 2.35. The molecule has 0 aromatic rings. The van der Waals surface area contributed by atoms with Crippen molar-refractivity contribution >= 4 is 11.9 Å². The molecule has 49 heavy (non-hydrogen) atoms. The molecule has 286 valence electrons. The molecule has 1 aliphatic rings. The van der Waals surface area contributed by atoms with Gasteiger partial charge in [-0.05, 0) is 38.0 Å². The number of carbonyl (C=O) groups is 2. The molecule has 1 aliphatic heterocycles. The van der Waals surface area contributed by atoms with Gasteiger partial charge in [-0.2, -0.15) is 0 Å². The summed E-state index contributed by atoms with van der Waals surface area (Å²) in [5, 5.41) is 40.3. The van der Waals surface area contributed by atoms with Crippen LogP contribution in [0.3, 0.4) is 0 Å². The Labute approximate surface area is 297 Å². The molecular formula is C40H72O9. The molecule has 0 aromatic heterocycles. The highest BCUT2D eigenvalue weighted by Crippen LogP contribution is 2.29. The zero-order valence-electron chi connectivity index (χ0n) is 31.2. The molecule has 1 rings (SSSR count). The molecule has 1 heterocycles. The van der Waals surface area contributed by atoms with Crippen molar-refractivity contribution in [2.75, 3.05) is 13.2 Å². The first-order chi connectivity index (χ1) is 23.7. The second kappa shape index (κ2) is 29.9. The van der Waals surface area contributed by atoms with Crippen LogP contribution in [0.15, 0.2) is 24.3 Å². The number of aliphatic hydroxyl groups excluding tert-OH is 4. The summed E-state index contributed by atoms with van der Waals surface area (Å²) in [6.45, 7) is 6.13. The fourth-order valence-corrected chi connectivity index (χ4v) is 6.13. The number of aliphatic hydroxyl groups is 4. The van der Waals surface area contributed by atoms with E-state index in [1.165, 1.54) is 57.8 Å². The standard InChI is InChI=1S/C40H72O9/c1-4-5-17-23-33(42)27-28-37-35(36(43)29-40(46)49-37)24-19-15-16-21-26-39(45)48-34(30-41)31-47-38(44)25-20-14-12-10-8-6-7-9-11-13-18-22-32(2)3/h15,19,27-28,32-37,40-43,46H,4-14,16-18,20-26,29-31H2,1-3H3/b19-15-,28-27+/t33-,34-,35-,36-,37+,40?/m0/s1. The summed E-state index contributed by atoms with van der Waals surface area (Å²) < 4.78 is 16.2. The van der Waals surface area contributed by atoms with Gasteiger partial charge in [-0.3, -0.25) is 9.59 Å². The second-order valence-electron chi connectivity index (χ2n) is 14.4. The van der Waals surface area contributed by atoms with Crippen LogP contribution in [0.4, 0.5) is 0 Å². The summed E-state index contributed by atoms with van der Waals surface area (Å²) in [7, 11) is 0. The Morgan fingerprint density at radius 1 is 0.816 bits per heavy atom. The van der Waals surface area contributed by atoms with Gasteiger partial charge in [-0.15, -0.1) is 0 Å². The molecule has 0 radical (unpaired) electrons. The lowest BCUT2D eigenvalue weighted by atomic mass is 9.87. The van der Waals surface area contributed by atoms with Crippen LogP contribution in [0.2, 0.25) is 0 Å². The van der Waals surface area contributed by atoms with Gasteiger partial charge in [0.2, 0.25) is 0 Å². The number of esters is 2. The molecule has 1 unspecified atom stereocenters. The highest BCUT2D eigenvalue weighted by molar-refractivity contribution is 5.70. The molecule has 9 nitrogen and oxygen atoms in total. The minimum absolute atomic E-state index is 0.133. The van der Waals surface area contributed by atoms with Crippen molar-refractivity contribution in [2.24, 2.45) is 11.8 Å². The molecule has 4 N–H and O–H groups in total. The van der Waals surface area contributed by atoms with Gasteiger partial charge in [0.15, 0.2) is 12.4 Å². The fraction of sp³-hybridized carbons (Fsp3) is 0.850. The maximum Gasteiger partial charge on any atom is 0.306 e. The number of ether oxygens (including phenoxy) is 3. The van der Waals surface area contributed by atoms with Crippen LogP contribution in [0.25, 0.3) is 0 Å². The maximum absolute atomic E-state index is 12.3. The van der Waals surface area contributed by atoms with Crippen LogP contribution in [0.1, 0.15) is 162 Å². The van der Waals surface area contributed by atoms with E-state index in [1.54, 1.807) is 12.2 Å². The Morgan fingerprint density at radius 3 is 2.06 bits per heavy atom. The Morgan fingerprint density at radius 2 is 1.43 bits per heavy atom. The smallest absolute Gasteiger partial charge is 0.306 e. The lowest BCUT2D eigenvalue weighted by molar-refractivity contribution is -0.199. The van der Waals surface area contributed by atoms with Crippen molar-refractivity contribution in [1.82, 2.24) is 0 Å². The van der Waals surface area contributed by atoms with Crippen LogP contribution < -0.4 is 0 Å². The first-order valence-electron chi connectivity index (χ1n) is 19.6. The van der Waals surface area contributed by atoms with E-state index in [9.17, 15) is 30.0 Å². The van der Waals surface area contributed by atoms with Crippen LogP contribution in [-0.2, 0) is 23.8 Å². The normalized spacial score (nSPS) is 21.1. The van der Waals surface area contributed by atoms with E-state index < -0.39 is 43.3 Å². The second-order valence-corrected chi connectivity index (χ2v) is 14.4. The molecule has 1 saturated heterocycles. The number of hydrogen-bond donors (Lipinski definition) is 4. The zero-order valence-corrected chi connectivity index (χ0v) is 31.2. The van der Waals surface area contributed by atoms with Crippen molar-refractivity contribution < 1.29 is 44.2 Å². The number of hydrogen-bond acceptors (Lipinski definition) is 9. The van der Waals surface area contributed by atoms with Crippen molar-refractivity contribution in [3.63, 3.8) is 0 Å². The first-order valence-corrected chi connectivity index (χ1v) is 19.6. The monoisotopic (exact) mass is 697 g/mol. The van der Waals surface area contributed by atoms with Crippen molar-refractivity contribution in [2.45, 2.75) is 193 Å². The predicted octanol–water partition coefficient (Wildman–Crippen LogP) is 7.86. The van der Waals surface area contributed by atoms with Crippen molar-refractivity contribution in [3.8, 4) is 0 Å². The Bertz CT molecular complexity index is 874. The predicted molar refractivity (Wildman–Crippen MR) is 195 cm³/mol. The summed E-state index contributed by atoms with van der Waals surface area (Å²) in [6.07, 6.45) is 24.3. The van der Waals surface area contributed by atoms with E-state index in [1.807, 2.05) is 12.2 Å². The number of unbranched alkanes of at least 4 members (excludes halogenated alkanes) is 13. The topological polar surface area (TPSA) is 143 Å². The van der Waals surface area contributed by atoms with Gasteiger partial charge in [-0.25, -0.2) is 0 Å². The summed E-state index contributed by atoms with van der Waals surface area (Å²) in [5.74, 6) is -0.232. The van der Waals surface area contributed by atoms with Gasteiger partial charge in [0.25, 0.3) is 0 Å². The van der Waals surface area contributed by atoms with Gasteiger partial charge < -0.3 is 34.6 Å². The Hall–Kier alpha value is -1.78. The van der Waals surface area contributed by atoms with E-state index >= 15 is 0 Å². The lowest BCUT2D eigenvalue weighted by Crippen LogP contribution is -2.43. The summed E-state index contributed by atoms with van der Waals surface area (Å²) in [5.41, 5.74) is 0. The van der Waals surface area contributed by atoms with Crippen LogP contribution in [0.5, 0.6) is 0 Å². The minimum Gasteiger partial charge on any atom is -0.462 e. The molecule has 6 atom stereocenters. The van der Waals surface area contributed by atoms with Gasteiger partial charge in [0, 0.05) is 25.2 Å². The SMILES string of the molecule is CCCCC[C@H](O)/C=C/[C@H]1OC(O)C[C@H](O)[C@@H]1C/C=C\CCCC(=O)O[C@@H](CO)COC(=O)CCCCCCCCCCCCCC(C)C. The zero-order chi connectivity index (χ0) is 36.1. The van der Waals surface area contributed by atoms with E-state index in [0.29, 0.717) is 32.1 Å². The van der Waals surface area contributed by atoms with Crippen LogP contribution in [0, 0.1) is 11.8 Å². The van der Waals surface area contributed by atoms with Gasteiger partial charge in [0.1, 0.15) is 6.61 Å². The molecule has 0 aliphatic carbocycles. The first kappa shape index (κ1) is 45.2. The number of rotatable bonds is 30. The summed E-state index contributed by atoms with van der Waals surface area (Å²) >= 11 is 0. The van der Waals surface area contributed by atoms with Crippen LogP contribution in [-0.4, -0.2) is 76.3 Å². The third-order valence-electron chi connectivity index (χ3n) is 9.22. The fourth-order valence-electron chi connectivity index (χ4n) is 6.13. The maximum atomic E-state index is 12.3. The van der Waals surface area contributed by atoms with Gasteiger partial charge >= 0.3 is 11.9 Å². The van der Waals surface area contributed by atoms with E-state index in [2.05, 4.69) is 20.8 Å². The quantitative estimate of drug-likeness (QED) is 0.0335. The third-order valence-corrected chi connectivity index (χ3v) is 9.22. The summed E-state index contributed by atoms with van der Waals surface area (Å²) in [6, 6.07) is 0. The average molecular weight is 697 g/mol. The average Bonchev–Trinajstić information content (AvgIpc) is 3.06. The van der Waals surface area contributed by atoms with E-state index in [0.717, 1.165) is 44.4 Å². The Balaban J connectivity index is 2.17. The molecule has 1 fully saturated rings. The molecular weight excluding hydrogens is 624 g/mol. The third kappa shape index (κ3) is 24.9. The minimum atomic E-state index is -1.05. The summed E-state index contributed by atoms with van der Waals surface area (Å²) in [4.78, 5) is 24.4.